The highest BCUT2D eigenvalue weighted by Gasteiger charge is 2.36. The van der Waals surface area contributed by atoms with Crippen LogP contribution in [0.4, 0.5) is 43.7 Å². The Bertz CT molecular complexity index is 2720. The molecule has 17 nitrogen and oxygen atoms in total. The second-order valence-electron chi connectivity index (χ2n) is 12.7. The van der Waals surface area contributed by atoms with E-state index in [0.717, 1.165) is 36.5 Å². The molecule has 1 amide bonds. The summed E-state index contributed by atoms with van der Waals surface area (Å²) >= 11 is 25.2. The third-order valence-corrected chi connectivity index (χ3v) is 10.9. The number of aromatic nitrogens is 5. The zero-order valence-corrected chi connectivity index (χ0v) is 39.1. The molecule has 0 fully saturated rings. The van der Waals surface area contributed by atoms with Gasteiger partial charge in [0.15, 0.2) is 11.5 Å². The van der Waals surface area contributed by atoms with Crippen molar-refractivity contribution in [2.24, 2.45) is 11.6 Å². The first kappa shape index (κ1) is 55.4. The quantitative estimate of drug-likeness (QED) is 0.0349. The number of carbonyl (C=O) groups excluding carboxylic acids is 1. The lowest BCUT2D eigenvalue weighted by Crippen LogP contribution is -2.31. The van der Waals surface area contributed by atoms with Gasteiger partial charge in [0.25, 0.3) is 26.0 Å². The van der Waals surface area contributed by atoms with E-state index in [4.69, 9.17) is 69.0 Å². The summed E-state index contributed by atoms with van der Waals surface area (Å²) in [7, 11) is -9.00. The highest BCUT2D eigenvalue weighted by molar-refractivity contribution is 9.12. The lowest BCUT2D eigenvalue weighted by molar-refractivity contribution is -0.138. The zero-order chi connectivity index (χ0) is 49.1. The molecule has 0 atom stereocenters. The first-order chi connectivity index (χ1) is 29.4. The molecular formula is C34H33BrCl4F6N12O5S2. The van der Waals surface area contributed by atoms with Gasteiger partial charge in [-0.25, -0.2) is 32.6 Å². The summed E-state index contributed by atoms with van der Waals surface area (Å²) in [6.45, 7) is 7.49. The fourth-order valence-electron chi connectivity index (χ4n) is 4.62. The first-order valence-electron chi connectivity index (χ1n) is 17.0. The molecule has 3 aromatic heterocycles. The molecule has 0 radical (unpaired) electrons. The second-order valence-corrected chi connectivity index (χ2v) is 18.1. The second kappa shape index (κ2) is 22.9. The van der Waals surface area contributed by atoms with Crippen LogP contribution in [0.1, 0.15) is 55.4 Å². The predicted molar refractivity (Wildman–Crippen MR) is 232 cm³/mol. The van der Waals surface area contributed by atoms with E-state index < -0.39 is 75.0 Å². The number of hydrazine groups is 1. The van der Waals surface area contributed by atoms with Gasteiger partial charge in [0.1, 0.15) is 10.7 Å². The number of sulfonamides is 2. The number of nitrogen functional groups attached to an aromatic ring is 2. The molecule has 0 spiro atoms. The topological polar surface area (TPSA) is 280 Å². The minimum Gasteiger partial charge on any atom is -0.368 e. The van der Waals surface area contributed by atoms with E-state index >= 15 is 0 Å². The van der Waals surface area contributed by atoms with E-state index in [0.29, 0.717) is 18.2 Å². The summed E-state index contributed by atoms with van der Waals surface area (Å²) in [5.41, 5.74) is 9.21. The molecule has 0 saturated carbocycles. The third-order valence-electron chi connectivity index (χ3n) is 7.10. The van der Waals surface area contributed by atoms with Crippen LogP contribution in [-0.2, 0) is 32.4 Å². The van der Waals surface area contributed by atoms with Crippen LogP contribution in [0.5, 0.6) is 0 Å². The number of nitriles is 1. The summed E-state index contributed by atoms with van der Waals surface area (Å²) in [4.78, 5) is 19.6. The molecule has 64 heavy (non-hydrogen) atoms. The predicted octanol–water partition coefficient (Wildman–Crippen LogP) is 8.66. The van der Waals surface area contributed by atoms with Crippen molar-refractivity contribution in [2.45, 2.75) is 61.9 Å². The van der Waals surface area contributed by atoms with E-state index in [1.165, 1.54) is 16.8 Å². The van der Waals surface area contributed by atoms with Crippen LogP contribution in [-0.4, -0.2) is 53.5 Å². The smallest absolute Gasteiger partial charge is 0.368 e. The van der Waals surface area contributed by atoms with E-state index in [9.17, 15) is 48.0 Å². The van der Waals surface area contributed by atoms with E-state index in [1.54, 1.807) is 24.3 Å². The lowest BCUT2D eigenvalue weighted by atomic mass is 10.2. The van der Waals surface area contributed by atoms with Gasteiger partial charge in [-0.15, -0.1) is 10.2 Å². The molecule has 30 heteroatoms. The molecule has 5 rings (SSSR count). The van der Waals surface area contributed by atoms with Crippen LogP contribution in [0.15, 0.2) is 70.7 Å². The highest BCUT2D eigenvalue weighted by atomic mass is 79.9. The Morgan fingerprint density at radius 2 is 1.19 bits per heavy atom. The lowest BCUT2D eigenvalue weighted by Gasteiger charge is -2.16. The maximum absolute atomic E-state index is 13.1. The third kappa shape index (κ3) is 15.5. The number of anilines is 3. The normalized spacial score (nSPS) is 11.5. The number of rotatable bonds is 9. The maximum atomic E-state index is 13.1. The zero-order valence-electron chi connectivity index (χ0n) is 32.9. The number of nitrogens with one attached hydrogen (secondary N) is 3. The molecule has 0 bridgehead atoms. The highest BCUT2D eigenvalue weighted by Crippen LogP contribution is 2.38. The summed E-state index contributed by atoms with van der Waals surface area (Å²) in [5, 5.41) is 13.7. The molecule has 0 unspecified atom stereocenters. The fraction of sp³-hybridized carbons (Fsp3) is 0.235. The number of alkyl halides is 6. The number of benzene rings is 2. The average molecular weight is 1090 g/mol. The number of pyridine rings is 2. The fourth-order valence-corrected chi connectivity index (χ4v) is 7.55. The monoisotopic (exact) mass is 1090 g/mol. The van der Waals surface area contributed by atoms with Gasteiger partial charge in [-0.1, -0.05) is 60.3 Å². The summed E-state index contributed by atoms with van der Waals surface area (Å²) in [5.74, 6) is 4.26. The largest absolute Gasteiger partial charge is 0.417 e. The Morgan fingerprint density at radius 3 is 1.59 bits per heavy atom. The number of carbonyl (C=O) groups is 1. The number of halogens is 11. The van der Waals surface area contributed by atoms with Crippen molar-refractivity contribution in [2.75, 3.05) is 15.2 Å². The van der Waals surface area contributed by atoms with E-state index in [-0.39, 0.29) is 44.9 Å². The molecular weight excluding hydrogens is 1060 g/mol. The van der Waals surface area contributed by atoms with Crippen LogP contribution < -0.4 is 32.2 Å². The summed E-state index contributed by atoms with van der Waals surface area (Å²) in [6.07, 6.45) is -7.37. The summed E-state index contributed by atoms with van der Waals surface area (Å²) < 4.78 is 134. The SMILES string of the molecule is CC(C)N.CC(C)n1c(N)nnc1-c1ncc(Cl)cc1NS(=O)(=O)c1ccc(Cl)c(C(F)(F)F)c1.N#CBr.NNC(=O)c1ncc(Cl)cc1NS(=O)(=O)c1ccc(Cl)c(C(F)(F)F)c1. The van der Waals surface area contributed by atoms with Gasteiger partial charge in [-0.3, -0.25) is 24.2 Å². The first-order valence-corrected chi connectivity index (χ1v) is 22.3. The van der Waals surface area contributed by atoms with Crippen LogP contribution >= 0.6 is 62.3 Å². The summed E-state index contributed by atoms with van der Waals surface area (Å²) in [6, 6.07) is 6.72. The van der Waals surface area contributed by atoms with Crippen LogP contribution in [0.3, 0.4) is 0 Å². The van der Waals surface area contributed by atoms with Gasteiger partial charge in [0, 0.05) is 34.4 Å². The molecule has 9 N–H and O–H groups in total. The van der Waals surface area contributed by atoms with E-state index in [2.05, 4.69) is 40.8 Å². The number of hydrogen-bond donors (Lipinski definition) is 6. The Kier molecular flexibility index (Phi) is 19.9. The van der Waals surface area contributed by atoms with Crippen molar-refractivity contribution in [3.63, 3.8) is 0 Å². The van der Waals surface area contributed by atoms with Gasteiger partial charge < -0.3 is 11.5 Å². The van der Waals surface area contributed by atoms with E-state index in [1.807, 2.05) is 18.6 Å². The Hall–Kier alpha value is -4.72. The molecule has 0 aliphatic heterocycles. The standard InChI is InChI=1S/C17H15Cl2F3N6O2S.C13H9Cl2F3N4O3S.C3H9N.CBrN/c1-8(2)28-15(25-26-16(28)23)14-13(5-9(18)7-24-14)27-31(29,30)10-3-4-12(19)11(6-10)17(20,21)22;14-6-3-10(11(20-5-6)12(23)21-19)22-26(24,25)7-1-2-9(15)8(4-7)13(16,17)18;1-3(2)4;2-1-3/h3-8,27H,1-2H3,(H2,23,26);1-5,22H,19H2,(H,21,23);3H,4H2,1-2H3;. The molecule has 3 heterocycles. The molecule has 2 aromatic carbocycles. The molecule has 0 saturated heterocycles. The number of nitrogens with two attached hydrogens (primary N) is 3. The molecule has 348 valence electrons. The van der Waals surface area contributed by atoms with Gasteiger partial charge in [-0.2, -0.15) is 31.6 Å². The van der Waals surface area contributed by atoms with Crippen molar-refractivity contribution in [1.82, 2.24) is 30.2 Å². The van der Waals surface area contributed by atoms with Crippen LogP contribution in [0.25, 0.3) is 11.5 Å². The number of amides is 1. The van der Waals surface area contributed by atoms with Crippen molar-refractivity contribution >= 4 is 106 Å². The number of nitrogens with zero attached hydrogens (tertiary/aromatic N) is 6. The minimum absolute atomic E-state index is 0.0247. The Labute approximate surface area is 389 Å². The molecule has 5 aromatic rings. The molecule has 0 aliphatic rings. The van der Waals surface area contributed by atoms with Gasteiger partial charge >= 0.3 is 12.4 Å². The van der Waals surface area contributed by atoms with Gasteiger partial charge in [-0.05, 0) is 68.4 Å². The Morgan fingerprint density at radius 1 is 0.781 bits per heavy atom. The van der Waals surface area contributed by atoms with Crippen LogP contribution in [0.2, 0.25) is 20.1 Å². The van der Waals surface area contributed by atoms with Crippen molar-refractivity contribution in [3.8, 4) is 16.5 Å². The van der Waals surface area contributed by atoms with Crippen LogP contribution in [0, 0.1) is 10.2 Å². The maximum Gasteiger partial charge on any atom is 0.417 e. The average Bonchev–Trinajstić information content (AvgIpc) is 3.55. The van der Waals surface area contributed by atoms with Gasteiger partial charge in [0.2, 0.25) is 5.95 Å². The van der Waals surface area contributed by atoms with Gasteiger partial charge in [0.05, 0.1) is 52.4 Å². The minimum atomic E-state index is -4.86. The van der Waals surface area contributed by atoms with Crippen molar-refractivity contribution in [3.05, 3.63) is 97.8 Å². The van der Waals surface area contributed by atoms with Crippen molar-refractivity contribution < 1.29 is 48.0 Å². The Balaban J connectivity index is 0.000000389. The number of hydrogen-bond acceptors (Lipinski definition) is 13. The van der Waals surface area contributed by atoms with Crippen molar-refractivity contribution in [1.29, 1.82) is 5.26 Å². The molecule has 0 aliphatic carbocycles.